The molecule has 1 aromatic heterocycles. The van der Waals surface area contributed by atoms with Crippen LogP contribution >= 0.6 is 11.8 Å². The van der Waals surface area contributed by atoms with Crippen LogP contribution in [0.2, 0.25) is 0 Å². The number of nitrogens with two attached hydrogens (primary N) is 1. The molecule has 33 heavy (non-hydrogen) atoms. The number of halogens is 1. The van der Waals surface area contributed by atoms with Crippen LogP contribution in [-0.2, 0) is 5.54 Å². The average Bonchev–Trinajstić information content (AvgIpc) is 2.80. The maximum Gasteiger partial charge on any atom is 0.275 e. The van der Waals surface area contributed by atoms with Gasteiger partial charge in [-0.3, -0.25) is 4.79 Å². The third kappa shape index (κ3) is 3.59. The summed E-state index contributed by atoms with van der Waals surface area (Å²) in [5.41, 5.74) is 6.53. The Bertz CT molecular complexity index is 1300. The zero-order valence-corrected chi connectivity index (χ0v) is 18.1. The summed E-state index contributed by atoms with van der Waals surface area (Å²) >= 11 is 1.39. The highest BCUT2D eigenvalue weighted by molar-refractivity contribution is 8.13. The predicted molar refractivity (Wildman–Crippen MR) is 121 cm³/mol. The van der Waals surface area contributed by atoms with Gasteiger partial charge in [-0.2, -0.15) is 0 Å². The lowest BCUT2D eigenvalue weighted by Gasteiger charge is -2.39. The quantitative estimate of drug-likeness (QED) is 0.534. The van der Waals surface area contributed by atoms with Gasteiger partial charge in [-0.05, 0) is 30.7 Å². The third-order valence-corrected chi connectivity index (χ3v) is 6.25. The van der Waals surface area contributed by atoms with Crippen molar-refractivity contribution in [1.29, 1.82) is 0 Å². The molecule has 1 atom stereocenters. The average molecular weight is 467 g/mol. The van der Waals surface area contributed by atoms with Gasteiger partial charge in [-0.25, -0.2) is 19.4 Å². The smallest absolute Gasteiger partial charge is 0.275 e. The Balaban J connectivity index is 1.57. The molecule has 0 bridgehead atoms. The zero-order valence-electron chi connectivity index (χ0n) is 17.3. The highest BCUT2D eigenvalue weighted by Crippen LogP contribution is 2.54. The normalized spacial score (nSPS) is 18.5. The second-order valence-electron chi connectivity index (χ2n) is 7.42. The molecule has 3 aromatic rings. The minimum Gasteiger partial charge on any atom is -0.508 e. The van der Waals surface area contributed by atoms with Gasteiger partial charge in [0.1, 0.15) is 22.7 Å². The first-order valence-corrected chi connectivity index (χ1v) is 10.9. The summed E-state index contributed by atoms with van der Waals surface area (Å²) in [7, 11) is 1.46. The number of methoxy groups -OCH3 is 1. The van der Waals surface area contributed by atoms with Crippen molar-refractivity contribution < 1.29 is 23.8 Å². The molecule has 0 fully saturated rings. The number of aromatic hydroxyl groups is 1. The summed E-state index contributed by atoms with van der Waals surface area (Å²) in [6.07, 6.45) is 3.15. The largest absolute Gasteiger partial charge is 0.508 e. The number of nitrogens with one attached hydrogen (secondary N) is 1. The number of hydrogen-bond donors (Lipinski definition) is 3. The molecule has 0 aliphatic carbocycles. The van der Waals surface area contributed by atoms with E-state index in [1.54, 1.807) is 18.2 Å². The van der Waals surface area contributed by atoms with E-state index < -0.39 is 17.3 Å². The van der Waals surface area contributed by atoms with E-state index in [4.69, 9.17) is 15.2 Å². The van der Waals surface area contributed by atoms with Crippen LogP contribution in [-0.4, -0.2) is 39.0 Å². The maximum atomic E-state index is 14.7. The Morgan fingerprint density at radius 3 is 2.85 bits per heavy atom. The summed E-state index contributed by atoms with van der Waals surface area (Å²) in [6, 6.07) is 7.41. The molecule has 2 aromatic carbocycles. The van der Waals surface area contributed by atoms with Crippen LogP contribution in [0.4, 0.5) is 10.1 Å². The summed E-state index contributed by atoms with van der Waals surface area (Å²) in [6.45, 7) is 0. The van der Waals surface area contributed by atoms with E-state index in [0.29, 0.717) is 45.8 Å². The lowest BCUT2D eigenvalue weighted by atomic mass is 9.78. The number of amides is 1. The van der Waals surface area contributed by atoms with Crippen molar-refractivity contribution in [3.63, 3.8) is 0 Å². The van der Waals surface area contributed by atoms with Gasteiger partial charge in [-0.15, -0.1) is 0 Å². The van der Waals surface area contributed by atoms with E-state index >= 15 is 0 Å². The number of nitrogens with zero attached hydrogens (tertiary/aromatic N) is 3. The Hall–Kier alpha value is -3.86. The minimum absolute atomic E-state index is 0.00552. The van der Waals surface area contributed by atoms with Crippen LogP contribution < -0.4 is 20.5 Å². The Morgan fingerprint density at radius 2 is 2.12 bits per heavy atom. The van der Waals surface area contributed by atoms with Gasteiger partial charge in [0, 0.05) is 28.6 Å². The van der Waals surface area contributed by atoms with Gasteiger partial charge in [0.25, 0.3) is 5.91 Å². The third-order valence-electron chi connectivity index (χ3n) is 5.45. The van der Waals surface area contributed by atoms with Crippen molar-refractivity contribution in [2.45, 2.75) is 12.0 Å². The number of anilines is 1. The van der Waals surface area contributed by atoms with Gasteiger partial charge in [0.15, 0.2) is 16.7 Å². The van der Waals surface area contributed by atoms with E-state index in [1.165, 1.54) is 37.3 Å². The van der Waals surface area contributed by atoms with Gasteiger partial charge in [0.05, 0.1) is 19.5 Å². The number of ether oxygens (including phenoxy) is 2. The van der Waals surface area contributed by atoms with Gasteiger partial charge < -0.3 is 25.6 Å². The summed E-state index contributed by atoms with van der Waals surface area (Å²) < 4.78 is 25.5. The fraction of sp³-hybridized carbons (Fsp3) is 0.182. The van der Waals surface area contributed by atoms with Crippen molar-refractivity contribution in [2.75, 3.05) is 18.2 Å². The standard InChI is InChI=1S/C22H18FN5O4S/c1-31-18-10-25-16(9-26-18)20(30)27-11-2-3-17-13(6-11)22(4-5-33-21(24)28-22)14-7-12(29)8-15(23)19(14)32-17/h2-3,6-10,29H,4-5H2,1H3,(H2,24,28)(H,27,30)/t22-/m0/s1. The highest BCUT2D eigenvalue weighted by Gasteiger charge is 2.45. The van der Waals surface area contributed by atoms with E-state index in [1.807, 2.05) is 0 Å². The minimum atomic E-state index is -1.07. The molecule has 0 saturated carbocycles. The first kappa shape index (κ1) is 21.0. The van der Waals surface area contributed by atoms with Crippen molar-refractivity contribution >= 4 is 28.5 Å². The molecule has 2 aliphatic rings. The number of fused-ring (bicyclic) bond motifs is 4. The number of benzene rings is 2. The molecule has 1 amide bonds. The van der Waals surface area contributed by atoms with Gasteiger partial charge in [0.2, 0.25) is 5.88 Å². The Morgan fingerprint density at radius 1 is 1.27 bits per heavy atom. The van der Waals surface area contributed by atoms with E-state index in [-0.39, 0.29) is 17.2 Å². The van der Waals surface area contributed by atoms with E-state index in [0.717, 1.165) is 6.07 Å². The van der Waals surface area contributed by atoms with Crippen molar-refractivity contribution in [3.8, 4) is 23.1 Å². The second kappa shape index (κ2) is 7.93. The zero-order chi connectivity index (χ0) is 23.2. The number of aliphatic imine (C=N–C) groups is 1. The first-order valence-electron chi connectivity index (χ1n) is 9.90. The number of phenolic OH excluding ortho intramolecular Hbond substituents is 1. The molecule has 1 spiro atoms. The molecule has 0 unspecified atom stereocenters. The van der Waals surface area contributed by atoms with Crippen LogP contribution in [0.3, 0.4) is 0 Å². The molecule has 11 heteroatoms. The summed E-state index contributed by atoms with van der Waals surface area (Å²) in [4.78, 5) is 25.4. The number of hydrogen-bond acceptors (Lipinski definition) is 9. The second-order valence-corrected chi connectivity index (χ2v) is 8.54. The number of amidine groups is 1. The van der Waals surface area contributed by atoms with Crippen LogP contribution in [0.25, 0.3) is 0 Å². The van der Waals surface area contributed by atoms with Crippen molar-refractivity contribution in [3.05, 3.63) is 65.4 Å². The van der Waals surface area contributed by atoms with Crippen molar-refractivity contribution in [1.82, 2.24) is 9.97 Å². The Kier molecular flexibility index (Phi) is 5.05. The van der Waals surface area contributed by atoms with Crippen LogP contribution in [0.15, 0.2) is 47.7 Å². The summed E-state index contributed by atoms with van der Waals surface area (Å²) in [5, 5.41) is 13.2. The molecule has 2 aliphatic heterocycles. The van der Waals surface area contributed by atoms with Gasteiger partial charge in [-0.1, -0.05) is 11.8 Å². The molecular weight excluding hydrogens is 449 g/mol. The number of rotatable bonds is 3. The number of thioether (sulfide) groups is 1. The molecular formula is C22H18FN5O4S. The van der Waals surface area contributed by atoms with Gasteiger partial charge >= 0.3 is 0 Å². The molecule has 0 radical (unpaired) electrons. The molecule has 9 nitrogen and oxygen atoms in total. The number of aromatic nitrogens is 2. The highest BCUT2D eigenvalue weighted by atomic mass is 32.2. The Labute approximate surface area is 191 Å². The van der Waals surface area contributed by atoms with E-state index in [9.17, 15) is 14.3 Å². The van der Waals surface area contributed by atoms with Crippen LogP contribution in [0.1, 0.15) is 28.0 Å². The predicted octanol–water partition coefficient (Wildman–Crippen LogP) is 3.38. The van der Waals surface area contributed by atoms with Crippen LogP contribution in [0.5, 0.6) is 23.1 Å². The molecule has 3 heterocycles. The van der Waals surface area contributed by atoms with E-state index in [2.05, 4.69) is 20.3 Å². The fourth-order valence-electron chi connectivity index (χ4n) is 3.97. The topological polar surface area (TPSA) is 132 Å². The molecule has 5 rings (SSSR count). The lowest BCUT2D eigenvalue weighted by Crippen LogP contribution is -2.35. The number of phenols is 1. The SMILES string of the molecule is COc1cnc(C(=O)Nc2ccc3c(c2)[C@@]2(CCSC(N)=N2)c2cc(O)cc(F)c2O3)cn1. The lowest BCUT2D eigenvalue weighted by molar-refractivity contribution is 0.102. The maximum absolute atomic E-state index is 14.7. The number of carbonyl (C=O) groups is 1. The molecule has 0 saturated heterocycles. The molecule has 4 N–H and O–H groups in total. The molecule has 168 valence electrons. The monoisotopic (exact) mass is 467 g/mol. The van der Waals surface area contributed by atoms with Crippen molar-refractivity contribution in [2.24, 2.45) is 10.7 Å². The fourth-order valence-corrected chi connectivity index (χ4v) is 4.80. The first-order chi connectivity index (χ1) is 15.9. The number of carbonyl (C=O) groups excluding carboxylic acids is 1. The van der Waals surface area contributed by atoms with Crippen LogP contribution in [0, 0.1) is 5.82 Å². The summed E-state index contributed by atoms with van der Waals surface area (Å²) in [5.74, 6) is -0.110.